The third-order valence-corrected chi connectivity index (χ3v) is 1.10. The molecular weight excluding hydrogens is 162 g/mol. The van der Waals surface area contributed by atoms with Crippen LogP contribution in [0.2, 0.25) is 0 Å². The molecule has 0 aromatic rings. The Morgan fingerprint density at radius 1 is 1.45 bits per heavy atom. The Balaban J connectivity index is 4.00. The van der Waals surface area contributed by atoms with Crippen LogP contribution in [0, 0.1) is 0 Å². The van der Waals surface area contributed by atoms with Gasteiger partial charge >= 0.3 is 6.04 Å². The van der Waals surface area contributed by atoms with E-state index in [-0.39, 0.29) is 0 Å². The molecule has 0 rings (SSSR count). The number of rotatable bonds is 4. The van der Waals surface area contributed by atoms with E-state index in [4.69, 9.17) is 15.3 Å². The van der Waals surface area contributed by atoms with Gasteiger partial charge in [-0.15, -0.1) is 0 Å². The van der Waals surface area contributed by atoms with Crippen LogP contribution in [-0.4, -0.2) is 46.3 Å². The Morgan fingerprint density at radius 2 is 1.91 bits per heavy atom. The van der Waals surface area contributed by atoms with Crippen molar-refractivity contribution < 1.29 is 28.9 Å². The second kappa shape index (κ2) is 4.32. The number of aliphatic hydroxyl groups is 3. The van der Waals surface area contributed by atoms with Crippen LogP contribution >= 0.6 is 0 Å². The molecule has 0 bridgehead atoms. The van der Waals surface area contributed by atoms with E-state index in [1.807, 2.05) is 0 Å². The minimum absolute atomic E-state index is 0.936. The first-order valence-electron chi connectivity index (χ1n) is 2.81. The quantitative estimate of drug-likeness (QED) is 0.450. The average Bonchev–Trinajstić information content (AvgIpc) is 2.00. The normalized spacial score (nSPS) is 19.0. The van der Waals surface area contributed by atoms with Gasteiger partial charge < -0.3 is 15.3 Å². The Kier molecular flexibility index (Phi) is 4.09. The van der Waals surface area contributed by atoms with Crippen LogP contribution in [0.15, 0.2) is 0 Å². The fourth-order valence-electron chi connectivity index (χ4n) is 0.437. The highest BCUT2D eigenvalue weighted by molar-refractivity contribution is 5.73. The third kappa shape index (κ3) is 2.87. The van der Waals surface area contributed by atoms with Crippen molar-refractivity contribution in [3.63, 3.8) is 0 Å². The lowest BCUT2D eigenvalue weighted by molar-refractivity contribution is -0.143. The first-order chi connectivity index (χ1) is 5.00. The fraction of sp³-hybridized carbons (Fsp3) is 0.800. The van der Waals surface area contributed by atoms with Gasteiger partial charge in [-0.1, -0.05) is 0 Å². The summed E-state index contributed by atoms with van der Waals surface area (Å²) in [4.78, 5) is 9.61. The highest BCUT2D eigenvalue weighted by Crippen LogP contribution is 2.05. The lowest BCUT2D eigenvalue weighted by Gasteiger charge is -2.15. The Morgan fingerprint density at radius 3 is 2.18 bits per heavy atom. The molecule has 0 fully saturated rings. The molecule has 0 saturated carbocycles. The van der Waals surface area contributed by atoms with E-state index in [9.17, 15) is 13.6 Å². The van der Waals surface area contributed by atoms with Crippen LogP contribution in [0.1, 0.15) is 0 Å². The van der Waals surface area contributed by atoms with E-state index >= 15 is 0 Å². The van der Waals surface area contributed by atoms with Crippen molar-refractivity contribution in [2.24, 2.45) is 0 Å². The summed E-state index contributed by atoms with van der Waals surface area (Å²) in [6, 6.07) is -2.37. The van der Waals surface area contributed by atoms with E-state index < -0.39 is 31.0 Å². The molecule has 0 saturated heterocycles. The summed E-state index contributed by atoms with van der Waals surface area (Å²) in [6.45, 7) is -0.936. The molecule has 0 heterocycles. The van der Waals surface area contributed by atoms with Crippen molar-refractivity contribution >= 4 is 6.04 Å². The maximum absolute atomic E-state index is 12.1. The van der Waals surface area contributed by atoms with E-state index in [2.05, 4.69) is 0 Å². The van der Waals surface area contributed by atoms with Gasteiger partial charge in [0.2, 0.25) is 6.17 Å². The summed E-state index contributed by atoms with van der Waals surface area (Å²) < 4.78 is 23.6. The Bertz CT molecular complexity index is 140. The SMILES string of the molecule is O=C(F)[C@H](F)[C@H](O)[C@H](O)CO. The Labute approximate surface area is 61.1 Å². The van der Waals surface area contributed by atoms with Gasteiger partial charge in [0.1, 0.15) is 12.2 Å². The molecule has 0 aromatic carbocycles. The van der Waals surface area contributed by atoms with Crippen molar-refractivity contribution in [2.75, 3.05) is 6.61 Å². The van der Waals surface area contributed by atoms with Gasteiger partial charge in [-0.05, 0) is 0 Å². The van der Waals surface area contributed by atoms with Crippen molar-refractivity contribution in [1.82, 2.24) is 0 Å². The standard InChI is InChI=1S/C5H8F2O4/c6-3(5(7)11)4(10)2(9)1-8/h2-4,8-10H,1H2/t2-,3-,4-/m1/s1. The van der Waals surface area contributed by atoms with E-state index in [0.717, 1.165) is 0 Å². The van der Waals surface area contributed by atoms with E-state index in [0.29, 0.717) is 0 Å². The molecule has 0 aromatic heterocycles. The highest BCUT2D eigenvalue weighted by Gasteiger charge is 2.31. The van der Waals surface area contributed by atoms with Crippen LogP contribution in [0.4, 0.5) is 8.78 Å². The van der Waals surface area contributed by atoms with Crippen molar-refractivity contribution in [3.05, 3.63) is 0 Å². The molecular formula is C5H8F2O4. The maximum Gasteiger partial charge on any atom is 0.338 e. The van der Waals surface area contributed by atoms with Crippen molar-refractivity contribution in [1.29, 1.82) is 0 Å². The number of halogens is 2. The second-order valence-corrected chi connectivity index (χ2v) is 1.95. The number of carbonyl (C=O) groups excluding carboxylic acids is 1. The van der Waals surface area contributed by atoms with Crippen LogP contribution in [0.5, 0.6) is 0 Å². The molecule has 0 unspecified atom stereocenters. The van der Waals surface area contributed by atoms with Crippen LogP contribution in [0.3, 0.4) is 0 Å². The molecule has 0 aliphatic rings. The average molecular weight is 170 g/mol. The number of hydrogen-bond acceptors (Lipinski definition) is 4. The summed E-state index contributed by atoms with van der Waals surface area (Å²) in [5.74, 6) is 0. The van der Waals surface area contributed by atoms with Gasteiger partial charge in [-0.2, -0.15) is 4.39 Å². The summed E-state index contributed by atoms with van der Waals surface area (Å²) >= 11 is 0. The zero-order valence-electron chi connectivity index (χ0n) is 5.44. The molecule has 4 nitrogen and oxygen atoms in total. The topological polar surface area (TPSA) is 77.8 Å². The smallest absolute Gasteiger partial charge is 0.338 e. The Hall–Kier alpha value is -0.590. The van der Waals surface area contributed by atoms with Gasteiger partial charge in [0, 0.05) is 0 Å². The molecule has 3 N–H and O–H groups in total. The van der Waals surface area contributed by atoms with Gasteiger partial charge in [-0.3, -0.25) is 4.79 Å². The predicted molar refractivity (Wildman–Crippen MR) is 30.1 cm³/mol. The summed E-state index contributed by atoms with van der Waals surface area (Å²) in [6.07, 6.45) is -6.85. The minimum atomic E-state index is -2.79. The maximum atomic E-state index is 12.1. The van der Waals surface area contributed by atoms with E-state index in [1.54, 1.807) is 0 Å². The molecule has 0 aliphatic heterocycles. The molecule has 11 heavy (non-hydrogen) atoms. The molecule has 6 heteroatoms. The molecule has 66 valence electrons. The van der Waals surface area contributed by atoms with Crippen LogP contribution in [0.25, 0.3) is 0 Å². The van der Waals surface area contributed by atoms with Gasteiger partial charge in [-0.25, -0.2) is 4.39 Å². The highest BCUT2D eigenvalue weighted by atomic mass is 19.2. The zero-order valence-corrected chi connectivity index (χ0v) is 5.44. The molecule has 0 aliphatic carbocycles. The van der Waals surface area contributed by atoms with Gasteiger partial charge in [0.15, 0.2) is 0 Å². The second-order valence-electron chi connectivity index (χ2n) is 1.95. The molecule has 0 radical (unpaired) electrons. The van der Waals surface area contributed by atoms with Crippen molar-refractivity contribution in [2.45, 2.75) is 18.4 Å². The largest absolute Gasteiger partial charge is 0.394 e. The van der Waals surface area contributed by atoms with Gasteiger partial charge in [0.05, 0.1) is 6.61 Å². The fourth-order valence-corrected chi connectivity index (χ4v) is 0.437. The number of carbonyl (C=O) groups is 1. The summed E-state index contributed by atoms with van der Waals surface area (Å²) in [5, 5.41) is 25.1. The number of aliphatic hydroxyl groups excluding tert-OH is 3. The predicted octanol–water partition coefficient (Wildman–Crippen LogP) is -1.47. The molecule has 0 amide bonds. The first-order valence-corrected chi connectivity index (χ1v) is 2.81. The van der Waals surface area contributed by atoms with Crippen LogP contribution in [-0.2, 0) is 4.79 Å². The zero-order chi connectivity index (χ0) is 9.02. The van der Waals surface area contributed by atoms with Gasteiger partial charge in [0.25, 0.3) is 0 Å². The minimum Gasteiger partial charge on any atom is -0.394 e. The van der Waals surface area contributed by atoms with Crippen LogP contribution < -0.4 is 0 Å². The monoisotopic (exact) mass is 170 g/mol. The number of hydrogen-bond donors (Lipinski definition) is 3. The third-order valence-electron chi connectivity index (χ3n) is 1.10. The summed E-state index contributed by atoms with van der Waals surface area (Å²) in [7, 11) is 0. The summed E-state index contributed by atoms with van der Waals surface area (Å²) in [5.41, 5.74) is 0. The van der Waals surface area contributed by atoms with Crippen molar-refractivity contribution in [3.8, 4) is 0 Å². The molecule has 0 spiro atoms. The lowest BCUT2D eigenvalue weighted by atomic mass is 10.1. The van der Waals surface area contributed by atoms with E-state index in [1.165, 1.54) is 0 Å². The number of alkyl halides is 1. The first kappa shape index (κ1) is 10.4. The lowest BCUT2D eigenvalue weighted by Crippen LogP contribution is -2.40. The molecule has 3 atom stereocenters.